The van der Waals surface area contributed by atoms with Crippen molar-refractivity contribution in [2.75, 3.05) is 33.4 Å². The SMILES string of the molecule is CCOC(=O)CN(CCOC)C(=O)c1cnc2ccccc2n1. The Hall–Kier alpha value is -2.54. The van der Waals surface area contributed by atoms with Gasteiger partial charge in [-0.25, -0.2) is 4.98 Å². The Labute approximate surface area is 134 Å². The number of esters is 1. The van der Waals surface area contributed by atoms with Gasteiger partial charge in [-0.05, 0) is 19.1 Å². The molecule has 0 N–H and O–H groups in total. The molecule has 7 nitrogen and oxygen atoms in total. The van der Waals surface area contributed by atoms with Crippen LogP contribution in [0, 0.1) is 0 Å². The molecule has 1 aromatic heterocycles. The third-order valence-electron chi connectivity index (χ3n) is 3.15. The van der Waals surface area contributed by atoms with E-state index in [4.69, 9.17) is 9.47 Å². The third kappa shape index (κ3) is 4.46. The lowest BCUT2D eigenvalue weighted by atomic mass is 10.3. The summed E-state index contributed by atoms with van der Waals surface area (Å²) in [5, 5.41) is 0. The molecule has 1 aromatic carbocycles. The van der Waals surface area contributed by atoms with Crippen molar-refractivity contribution in [2.45, 2.75) is 6.92 Å². The molecule has 0 spiro atoms. The highest BCUT2D eigenvalue weighted by Crippen LogP contribution is 2.10. The van der Waals surface area contributed by atoms with Crippen molar-refractivity contribution in [3.63, 3.8) is 0 Å². The number of aromatic nitrogens is 2. The van der Waals surface area contributed by atoms with Crippen LogP contribution in [0.25, 0.3) is 11.0 Å². The largest absolute Gasteiger partial charge is 0.465 e. The van der Waals surface area contributed by atoms with Crippen LogP contribution in [-0.2, 0) is 14.3 Å². The number of hydrogen-bond donors (Lipinski definition) is 0. The topological polar surface area (TPSA) is 81.6 Å². The molecule has 2 rings (SSSR count). The van der Waals surface area contributed by atoms with E-state index in [-0.39, 0.29) is 31.3 Å². The van der Waals surface area contributed by atoms with Gasteiger partial charge in [0.2, 0.25) is 0 Å². The predicted molar refractivity (Wildman–Crippen MR) is 84.0 cm³/mol. The van der Waals surface area contributed by atoms with E-state index in [2.05, 4.69) is 9.97 Å². The lowest BCUT2D eigenvalue weighted by molar-refractivity contribution is -0.143. The van der Waals surface area contributed by atoms with E-state index < -0.39 is 5.97 Å². The van der Waals surface area contributed by atoms with E-state index in [1.54, 1.807) is 13.0 Å². The fraction of sp³-hybridized carbons (Fsp3) is 0.375. The molecule has 0 bridgehead atoms. The number of benzene rings is 1. The van der Waals surface area contributed by atoms with Gasteiger partial charge in [0.25, 0.3) is 5.91 Å². The molecule has 0 radical (unpaired) electrons. The molecule has 0 aliphatic carbocycles. The Bertz CT molecular complexity index is 690. The van der Waals surface area contributed by atoms with E-state index >= 15 is 0 Å². The molecular formula is C16H19N3O4. The van der Waals surface area contributed by atoms with Crippen molar-refractivity contribution in [1.82, 2.24) is 14.9 Å². The second kappa shape index (κ2) is 8.19. The lowest BCUT2D eigenvalue weighted by Gasteiger charge is -2.20. The average Bonchev–Trinajstić information content (AvgIpc) is 2.57. The van der Waals surface area contributed by atoms with Crippen LogP contribution in [0.3, 0.4) is 0 Å². The summed E-state index contributed by atoms with van der Waals surface area (Å²) in [6, 6.07) is 7.28. The summed E-state index contributed by atoms with van der Waals surface area (Å²) in [5.74, 6) is -0.848. The first-order valence-electron chi connectivity index (χ1n) is 7.31. The molecule has 1 amide bonds. The molecule has 1 heterocycles. The Kier molecular flexibility index (Phi) is 5.99. The van der Waals surface area contributed by atoms with E-state index in [0.717, 1.165) is 0 Å². The predicted octanol–water partition coefficient (Wildman–Crippen LogP) is 1.28. The lowest BCUT2D eigenvalue weighted by Crippen LogP contribution is -2.39. The first-order valence-corrected chi connectivity index (χ1v) is 7.31. The van der Waals surface area contributed by atoms with E-state index in [1.165, 1.54) is 18.2 Å². The molecule has 0 unspecified atom stereocenters. The number of fused-ring (bicyclic) bond motifs is 1. The zero-order valence-electron chi connectivity index (χ0n) is 13.2. The van der Waals surface area contributed by atoms with Crippen LogP contribution in [0.2, 0.25) is 0 Å². The average molecular weight is 317 g/mol. The molecule has 7 heteroatoms. The summed E-state index contributed by atoms with van der Waals surface area (Å²) in [6.07, 6.45) is 1.41. The van der Waals surface area contributed by atoms with Gasteiger partial charge in [-0.15, -0.1) is 0 Å². The second-order valence-electron chi connectivity index (χ2n) is 4.77. The van der Waals surface area contributed by atoms with Crippen LogP contribution in [0.15, 0.2) is 30.5 Å². The summed E-state index contributed by atoms with van der Waals surface area (Å²) < 4.78 is 9.89. The van der Waals surface area contributed by atoms with E-state index in [1.807, 2.05) is 18.2 Å². The standard InChI is InChI=1S/C16H19N3O4/c1-3-23-15(20)11-19(8-9-22-2)16(21)14-10-17-12-6-4-5-7-13(12)18-14/h4-7,10H,3,8-9,11H2,1-2H3. The van der Waals surface area contributed by atoms with E-state index in [0.29, 0.717) is 17.6 Å². The quantitative estimate of drug-likeness (QED) is 0.716. The molecule has 0 aliphatic rings. The number of carbonyl (C=O) groups excluding carboxylic acids is 2. The minimum Gasteiger partial charge on any atom is -0.465 e. The number of ether oxygens (including phenoxy) is 2. The number of hydrogen-bond acceptors (Lipinski definition) is 6. The van der Waals surface area contributed by atoms with Gasteiger partial charge < -0.3 is 14.4 Å². The van der Waals surface area contributed by atoms with Crippen molar-refractivity contribution in [3.8, 4) is 0 Å². The fourth-order valence-electron chi connectivity index (χ4n) is 2.04. The first-order chi connectivity index (χ1) is 11.2. The van der Waals surface area contributed by atoms with Crippen LogP contribution < -0.4 is 0 Å². The molecule has 0 aliphatic heterocycles. The van der Waals surface area contributed by atoms with Crippen molar-refractivity contribution < 1.29 is 19.1 Å². The first kappa shape index (κ1) is 16.8. The van der Waals surface area contributed by atoms with Gasteiger partial charge in [-0.1, -0.05) is 12.1 Å². The normalized spacial score (nSPS) is 10.5. The van der Waals surface area contributed by atoms with E-state index in [9.17, 15) is 9.59 Å². The van der Waals surface area contributed by atoms with Gasteiger partial charge >= 0.3 is 5.97 Å². The summed E-state index contributed by atoms with van der Waals surface area (Å²) >= 11 is 0. The Morgan fingerprint density at radius 1 is 1.22 bits per heavy atom. The zero-order chi connectivity index (χ0) is 16.7. The highest BCUT2D eigenvalue weighted by Gasteiger charge is 2.21. The number of rotatable bonds is 7. The van der Waals surface area contributed by atoms with Crippen molar-refractivity contribution in [1.29, 1.82) is 0 Å². The summed E-state index contributed by atoms with van der Waals surface area (Å²) in [7, 11) is 1.53. The minimum absolute atomic E-state index is 0.148. The van der Waals surface area contributed by atoms with Crippen LogP contribution in [0.5, 0.6) is 0 Å². The summed E-state index contributed by atoms with van der Waals surface area (Å²) in [4.78, 5) is 34.1. The van der Waals surface area contributed by atoms with Gasteiger partial charge in [0, 0.05) is 13.7 Å². The monoisotopic (exact) mass is 317 g/mol. The maximum absolute atomic E-state index is 12.6. The van der Waals surface area contributed by atoms with Crippen LogP contribution in [0.1, 0.15) is 17.4 Å². The van der Waals surface area contributed by atoms with Crippen LogP contribution >= 0.6 is 0 Å². The number of carbonyl (C=O) groups is 2. The summed E-state index contributed by atoms with van der Waals surface area (Å²) in [5.41, 5.74) is 1.52. The van der Waals surface area contributed by atoms with Gasteiger partial charge in [-0.3, -0.25) is 14.6 Å². The maximum Gasteiger partial charge on any atom is 0.325 e. The molecule has 0 saturated carbocycles. The molecule has 0 saturated heterocycles. The molecular weight excluding hydrogens is 298 g/mol. The number of nitrogens with zero attached hydrogens (tertiary/aromatic N) is 3. The molecule has 23 heavy (non-hydrogen) atoms. The number of methoxy groups -OCH3 is 1. The van der Waals surface area contributed by atoms with Crippen molar-refractivity contribution >= 4 is 22.9 Å². The van der Waals surface area contributed by atoms with Crippen molar-refractivity contribution in [2.24, 2.45) is 0 Å². The smallest absolute Gasteiger partial charge is 0.325 e. The van der Waals surface area contributed by atoms with Crippen LogP contribution in [0.4, 0.5) is 0 Å². The number of amides is 1. The van der Waals surface area contributed by atoms with Gasteiger partial charge in [0.15, 0.2) is 0 Å². The van der Waals surface area contributed by atoms with Crippen molar-refractivity contribution in [3.05, 3.63) is 36.2 Å². The van der Waals surface area contributed by atoms with Crippen LogP contribution in [-0.4, -0.2) is 60.2 Å². The third-order valence-corrected chi connectivity index (χ3v) is 3.15. The number of para-hydroxylation sites is 2. The Morgan fingerprint density at radius 3 is 2.65 bits per heavy atom. The molecule has 122 valence electrons. The Balaban J connectivity index is 2.21. The molecule has 2 aromatic rings. The summed E-state index contributed by atoms with van der Waals surface area (Å²) in [6.45, 7) is 2.41. The Morgan fingerprint density at radius 2 is 1.96 bits per heavy atom. The molecule has 0 fully saturated rings. The maximum atomic E-state index is 12.6. The molecule has 0 atom stereocenters. The highest BCUT2D eigenvalue weighted by atomic mass is 16.5. The fourth-order valence-corrected chi connectivity index (χ4v) is 2.04. The van der Waals surface area contributed by atoms with Gasteiger partial charge in [0.1, 0.15) is 12.2 Å². The minimum atomic E-state index is -0.467. The van der Waals surface area contributed by atoms with Gasteiger partial charge in [0.05, 0.1) is 30.4 Å². The zero-order valence-corrected chi connectivity index (χ0v) is 13.2. The highest BCUT2D eigenvalue weighted by molar-refractivity contribution is 5.95. The second-order valence-corrected chi connectivity index (χ2v) is 4.77. The van der Waals surface area contributed by atoms with Gasteiger partial charge in [-0.2, -0.15) is 0 Å².